The molecular formula is C19H20N4O5. The third kappa shape index (κ3) is 4.25. The molecule has 1 amide bonds. The second-order valence-electron chi connectivity index (χ2n) is 6.72. The van der Waals surface area contributed by atoms with E-state index in [0.29, 0.717) is 23.1 Å². The molecule has 0 bridgehead atoms. The Hall–Kier alpha value is -3.49. The zero-order valence-electron chi connectivity index (χ0n) is 15.8. The lowest BCUT2D eigenvalue weighted by Gasteiger charge is -2.12. The maximum absolute atomic E-state index is 12.6. The van der Waals surface area contributed by atoms with Crippen molar-refractivity contribution in [1.29, 1.82) is 0 Å². The molecular weight excluding hydrogens is 364 g/mol. The van der Waals surface area contributed by atoms with Gasteiger partial charge in [-0.15, -0.1) is 0 Å². The third-order valence-electron chi connectivity index (χ3n) is 3.83. The average Bonchev–Trinajstić information content (AvgIpc) is 3.06. The molecule has 3 aromatic rings. The first-order valence-electron chi connectivity index (χ1n) is 8.75. The lowest BCUT2D eigenvalue weighted by atomic mass is 10.1. The number of carbonyl (C=O) groups excluding carboxylic acids is 2. The number of rotatable bonds is 6. The SMILES string of the molecule is Cc1cc(NC(=O)COC(=O)c2nn(CC(C)C)c(=O)c3ccccc23)no1. The largest absolute Gasteiger partial charge is 0.451 e. The summed E-state index contributed by atoms with van der Waals surface area (Å²) >= 11 is 0. The van der Waals surface area contributed by atoms with Gasteiger partial charge in [0.25, 0.3) is 11.5 Å². The van der Waals surface area contributed by atoms with Crippen LogP contribution in [0.5, 0.6) is 0 Å². The first-order valence-corrected chi connectivity index (χ1v) is 8.75. The standard InChI is InChI=1S/C19H20N4O5/c1-11(2)9-23-18(25)14-7-5-4-6-13(14)17(21-23)19(26)27-10-16(24)20-15-8-12(3)28-22-15/h4-8,11H,9-10H2,1-3H3,(H,20,22,24). The second kappa shape index (κ2) is 8.03. The van der Waals surface area contributed by atoms with E-state index in [1.165, 1.54) is 10.7 Å². The van der Waals surface area contributed by atoms with Gasteiger partial charge in [0.15, 0.2) is 18.1 Å². The van der Waals surface area contributed by atoms with E-state index in [2.05, 4.69) is 15.6 Å². The van der Waals surface area contributed by atoms with Gasteiger partial charge in [-0.1, -0.05) is 37.2 Å². The summed E-state index contributed by atoms with van der Waals surface area (Å²) in [6.45, 7) is 5.40. The van der Waals surface area contributed by atoms with Crippen LogP contribution in [0, 0.1) is 12.8 Å². The highest BCUT2D eigenvalue weighted by molar-refractivity contribution is 6.03. The van der Waals surface area contributed by atoms with Gasteiger partial charge in [-0.25, -0.2) is 9.48 Å². The molecule has 28 heavy (non-hydrogen) atoms. The van der Waals surface area contributed by atoms with Crippen LogP contribution >= 0.6 is 0 Å². The molecule has 0 aliphatic carbocycles. The predicted molar refractivity (Wildman–Crippen MR) is 101 cm³/mol. The predicted octanol–water partition coefficient (Wildman–Crippen LogP) is 2.14. The van der Waals surface area contributed by atoms with E-state index in [-0.39, 0.29) is 23.0 Å². The van der Waals surface area contributed by atoms with E-state index in [9.17, 15) is 14.4 Å². The number of benzene rings is 1. The van der Waals surface area contributed by atoms with Crippen LogP contribution < -0.4 is 10.9 Å². The average molecular weight is 384 g/mol. The number of esters is 1. The van der Waals surface area contributed by atoms with Gasteiger partial charge in [-0.05, 0) is 18.9 Å². The quantitative estimate of drug-likeness (QED) is 0.647. The second-order valence-corrected chi connectivity index (χ2v) is 6.72. The number of ether oxygens (including phenoxy) is 1. The Labute approximate surface area is 160 Å². The normalized spacial score (nSPS) is 11.0. The Morgan fingerprint density at radius 3 is 2.61 bits per heavy atom. The van der Waals surface area contributed by atoms with Crippen LogP contribution in [0.3, 0.4) is 0 Å². The van der Waals surface area contributed by atoms with Crippen LogP contribution in [0.4, 0.5) is 5.82 Å². The number of nitrogens with one attached hydrogen (secondary N) is 1. The molecule has 2 aromatic heterocycles. The van der Waals surface area contributed by atoms with Crippen molar-refractivity contribution in [2.45, 2.75) is 27.3 Å². The lowest BCUT2D eigenvalue weighted by molar-refractivity contribution is -0.119. The maximum atomic E-state index is 12.6. The fourth-order valence-electron chi connectivity index (χ4n) is 2.66. The van der Waals surface area contributed by atoms with Crippen molar-refractivity contribution < 1.29 is 18.8 Å². The van der Waals surface area contributed by atoms with Gasteiger partial charge < -0.3 is 14.6 Å². The number of anilines is 1. The van der Waals surface area contributed by atoms with E-state index >= 15 is 0 Å². The maximum Gasteiger partial charge on any atom is 0.359 e. The molecule has 0 radical (unpaired) electrons. The highest BCUT2D eigenvalue weighted by atomic mass is 16.5. The van der Waals surface area contributed by atoms with Crippen LogP contribution in [0.25, 0.3) is 10.8 Å². The number of nitrogens with zero attached hydrogens (tertiary/aromatic N) is 3. The molecule has 0 fully saturated rings. The Morgan fingerprint density at radius 1 is 1.25 bits per heavy atom. The molecule has 3 rings (SSSR count). The number of aryl methyl sites for hydroxylation is 1. The van der Waals surface area contributed by atoms with Crippen molar-refractivity contribution in [2.75, 3.05) is 11.9 Å². The summed E-state index contributed by atoms with van der Waals surface area (Å²) in [7, 11) is 0. The minimum absolute atomic E-state index is 0.0130. The fourth-order valence-corrected chi connectivity index (χ4v) is 2.66. The summed E-state index contributed by atoms with van der Waals surface area (Å²) in [4.78, 5) is 37.1. The first-order chi connectivity index (χ1) is 13.3. The molecule has 0 aliphatic rings. The summed E-state index contributed by atoms with van der Waals surface area (Å²) in [5.74, 6) is -0.434. The van der Waals surface area contributed by atoms with Crippen molar-refractivity contribution in [3.8, 4) is 0 Å². The fraction of sp³-hybridized carbons (Fsp3) is 0.316. The smallest absolute Gasteiger partial charge is 0.359 e. The molecule has 1 aromatic carbocycles. The van der Waals surface area contributed by atoms with Crippen LogP contribution in [0.1, 0.15) is 30.1 Å². The van der Waals surface area contributed by atoms with Crippen molar-refractivity contribution in [3.63, 3.8) is 0 Å². The highest BCUT2D eigenvalue weighted by Crippen LogP contribution is 2.15. The van der Waals surface area contributed by atoms with Crippen molar-refractivity contribution >= 4 is 28.5 Å². The van der Waals surface area contributed by atoms with Gasteiger partial charge in [-0.2, -0.15) is 5.10 Å². The van der Waals surface area contributed by atoms with E-state index in [1.807, 2.05) is 13.8 Å². The molecule has 0 spiro atoms. The van der Waals surface area contributed by atoms with Crippen LogP contribution in [-0.2, 0) is 16.1 Å². The Morgan fingerprint density at radius 2 is 1.96 bits per heavy atom. The van der Waals surface area contributed by atoms with E-state index in [1.54, 1.807) is 31.2 Å². The van der Waals surface area contributed by atoms with Crippen molar-refractivity contribution in [3.05, 3.63) is 52.1 Å². The highest BCUT2D eigenvalue weighted by Gasteiger charge is 2.19. The third-order valence-corrected chi connectivity index (χ3v) is 3.83. The van der Waals surface area contributed by atoms with E-state index in [0.717, 1.165) is 0 Å². The van der Waals surface area contributed by atoms with Gasteiger partial charge in [-0.3, -0.25) is 9.59 Å². The zero-order valence-corrected chi connectivity index (χ0v) is 15.8. The summed E-state index contributed by atoms with van der Waals surface area (Å²) in [5.41, 5.74) is -0.291. The Kier molecular flexibility index (Phi) is 5.53. The first kappa shape index (κ1) is 19.3. The summed E-state index contributed by atoms with van der Waals surface area (Å²) in [5, 5.41) is 11.0. The lowest BCUT2D eigenvalue weighted by Crippen LogP contribution is -2.29. The van der Waals surface area contributed by atoms with Crippen LogP contribution in [-0.4, -0.2) is 33.4 Å². The Balaban J connectivity index is 1.81. The number of fused-ring (bicyclic) bond motifs is 1. The number of hydrogen-bond donors (Lipinski definition) is 1. The minimum atomic E-state index is -0.791. The van der Waals surface area contributed by atoms with Gasteiger partial charge in [0, 0.05) is 18.0 Å². The van der Waals surface area contributed by atoms with Gasteiger partial charge >= 0.3 is 5.97 Å². The molecule has 0 saturated heterocycles. The number of carbonyl (C=O) groups is 2. The number of amides is 1. The Bertz CT molecular complexity index is 1080. The molecule has 9 heteroatoms. The number of aromatic nitrogens is 3. The van der Waals surface area contributed by atoms with Gasteiger partial charge in [0.05, 0.1) is 5.39 Å². The molecule has 0 saturated carbocycles. The molecule has 0 unspecified atom stereocenters. The molecule has 1 N–H and O–H groups in total. The molecule has 0 atom stereocenters. The van der Waals surface area contributed by atoms with Crippen molar-refractivity contribution in [1.82, 2.24) is 14.9 Å². The van der Waals surface area contributed by atoms with Crippen molar-refractivity contribution in [2.24, 2.45) is 5.92 Å². The van der Waals surface area contributed by atoms with Crippen LogP contribution in [0.15, 0.2) is 39.6 Å². The number of hydrogen-bond acceptors (Lipinski definition) is 7. The summed E-state index contributed by atoms with van der Waals surface area (Å²) in [6, 6.07) is 8.21. The molecule has 9 nitrogen and oxygen atoms in total. The summed E-state index contributed by atoms with van der Waals surface area (Å²) in [6.07, 6.45) is 0. The minimum Gasteiger partial charge on any atom is -0.451 e. The topological polar surface area (TPSA) is 116 Å². The van der Waals surface area contributed by atoms with Gasteiger partial charge in [0.2, 0.25) is 0 Å². The molecule has 2 heterocycles. The van der Waals surface area contributed by atoms with E-state index < -0.39 is 18.5 Å². The molecule has 146 valence electrons. The van der Waals surface area contributed by atoms with Gasteiger partial charge in [0.1, 0.15) is 5.76 Å². The molecule has 0 aliphatic heterocycles. The van der Waals surface area contributed by atoms with E-state index in [4.69, 9.17) is 9.26 Å². The van der Waals surface area contributed by atoms with Crippen LogP contribution in [0.2, 0.25) is 0 Å². The monoisotopic (exact) mass is 384 g/mol. The summed E-state index contributed by atoms with van der Waals surface area (Å²) < 4.78 is 11.2. The zero-order chi connectivity index (χ0) is 20.3.